The summed E-state index contributed by atoms with van der Waals surface area (Å²) in [5, 5.41) is 0.942. The van der Waals surface area contributed by atoms with E-state index in [-0.39, 0.29) is 5.91 Å². The topological polar surface area (TPSA) is 20.3 Å². The highest BCUT2D eigenvalue weighted by Gasteiger charge is 2.30. The summed E-state index contributed by atoms with van der Waals surface area (Å²) >= 11 is 11.9. The number of rotatable bonds is 5. The molecule has 1 aromatic heterocycles. The second-order valence-electron chi connectivity index (χ2n) is 4.36. The van der Waals surface area contributed by atoms with E-state index in [0.717, 1.165) is 44.3 Å². The summed E-state index contributed by atoms with van der Waals surface area (Å²) in [6, 6.07) is 2.36. The molecule has 18 heavy (non-hydrogen) atoms. The van der Waals surface area contributed by atoms with Crippen LogP contribution in [0.2, 0.25) is 0 Å². The highest BCUT2D eigenvalue weighted by molar-refractivity contribution is 9.12. The number of hydrogen-bond donors (Lipinski definition) is 0. The number of alkyl halides is 1. The minimum atomic E-state index is 0.162. The first kappa shape index (κ1) is 15.0. The van der Waals surface area contributed by atoms with Crippen molar-refractivity contribution in [1.29, 1.82) is 0 Å². The van der Waals surface area contributed by atoms with Gasteiger partial charge in [0.2, 0.25) is 0 Å². The predicted molar refractivity (Wildman–Crippen MR) is 86.8 cm³/mol. The van der Waals surface area contributed by atoms with Gasteiger partial charge in [-0.15, -0.1) is 11.3 Å². The average Bonchev–Trinajstić information content (AvgIpc) is 2.60. The van der Waals surface area contributed by atoms with Crippen molar-refractivity contribution in [2.24, 2.45) is 0 Å². The van der Waals surface area contributed by atoms with Gasteiger partial charge in [0.05, 0.1) is 13.1 Å². The number of carbonyl (C=O) groups excluding carboxylic acids is 1. The van der Waals surface area contributed by atoms with E-state index >= 15 is 0 Å². The molecule has 2 nitrogen and oxygen atoms in total. The Labute approximate surface area is 137 Å². The Morgan fingerprint density at radius 1 is 1.44 bits per heavy atom. The van der Waals surface area contributed by atoms with Crippen molar-refractivity contribution >= 4 is 65.0 Å². The van der Waals surface area contributed by atoms with Crippen LogP contribution in [0.4, 0.5) is 0 Å². The second kappa shape index (κ2) is 6.86. The van der Waals surface area contributed by atoms with Crippen molar-refractivity contribution in [2.45, 2.75) is 31.7 Å². The third-order valence-electron chi connectivity index (χ3n) is 3.20. The van der Waals surface area contributed by atoms with Crippen LogP contribution in [0.3, 0.4) is 0 Å². The molecule has 1 saturated carbocycles. The molecule has 1 heterocycles. The van der Waals surface area contributed by atoms with Gasteiger partial charge in [0.15, 0.2) is 0 Å². The molecule has 1 fully saturated rings. The molecule has 0 aliphatic heterocycles. The van der Waals surface area contributed by atoms with E-state index in [2.05, 4.69) is 47.8 Å². The van der Waals surface area contributed by atoms with Crippen molar-refractivity contribution in [2.75, 3.05) is 11.9 Å². The van der Waals surface area contributed by atoms with Crippen molar-refractivity contribution in [3.63, 3.8) is 0 Å². The van der Waals surface area contributed by atoms with Gasteiger partial charge in [-0.3, -0.25) is 4.79 Å². The molecule has 0 bridgehead atoms. The summed E-state index contributed by atoms with van der Waals surface area (Å²) in [5.74, 6) is 0.162. The maximum atomic E-state index is 12.6. The van der Waals surface area contributed by atoms with Gasteiger partial charge in [0.25, 0.3) is 5.91 Å². The van der Waals surface area contributed by atoms with Gasteiger partial charge >= 0.3 is 0 Å². The number of halogens is 3. The fourth-order valence-electron chi connectivity index (χ4n) is 2.02. The molecule has 0 spiro atoms. The normalized spacial score (nSPS) is 15.5. The lowest BCUT2D eigenvalue weighted by molar-refractivity contribution is 0.0581. The van der Waals surface area contributed by atoms with Crippen molar-refractivity contribution in [1.82, 2.24) is 4.90 Å². The van der Waals surface area contributed by atoms with Gasteiger partial charge in [-0.2, -0.15) is 0 Å². The Bertz CT molecular complexity index is 431. The Hall–Kier alpha value is 0.610. The largest absolute Gasteiger partial charge is 0.336 e. The number of amides is 1. The zero-order valence-corrected chi connectivity index (χ0v) is 15.4. The van der Waals surface area contributed by atoms with Crippen LogP contribution < -0.4 is 0 Å². The molecular formula is C12H14Br3NOS. The fourth-order valence-corrected chi connectivity index (χ4v) is 5.05. The standard InChI is InChI=1S/C12H14Br3NOS/c13-5-2-6-16(8-3-1-4-8)12(17)9-7-10(14)18-11(9)15/h7-8H,1-6H2. The summed E-state index contributed by atoms with van der Waals surface area (Å²) in [5.41, 5.74) is 0.786. The Kier molecular flexibility index (Phi) is 5.72. The van der Waals surface area contributed by atoms with Crippen LogP contribution in [0.1, 0.15) is 36.0 Å². The Balaban J connectivity index is 2.13. The maximum absolute atomic E-state index is 12.6. The van der Waals surface area contributed by atoms with Crippen LogP contribution in [0, 0.1) is 0 Å². The van der Waals surface area contributed by atoms with Gasteiger partial charge in [-0.25, -0.2) is 0 Å². The molecule has 1 aliphatic rings. The van der Waals surface area contributed by atoms with Gasteiger partial charge in [-0.1, -0.05) is 15.9 Å². The number of thiophene rings is 1. The summed E-state index contributed by atoms with van der Waals surface area (Å²) < 4.78 is 1.91. The van der Waals surface area contributed by atoms with Crippen molar-refractivity contribution < 1.29 is 4.79 Å². The lowest BCUT2D eigenvalue weighted by atomic mass is 9.91. The molecule has 0 atom stereocenters. The minimum absolute atomic E-state index is 0.162. The van der Waals surface area contributed by atoms with Crippen LogP contribution in [0.5, 0.6) is 0 Å². The third-order valence-corrected chi connectivity index (χ3v) is 6.10. The lowest BCUT2D eigenvalue weighted by Crippen LogP contribution is -2.44. The maximum Gasteiger partial charge on any atom is 0.256 e. The summed E-state index contributed by atoms with van der Waals surface area (Å²) in [4.78, 5) is 14.6. The molecule has 6 heteroatoms. The summed E-state index contributed by atoms with van der Waals surface area (Å²) in [6.07, 6.45) is 4.55. The zero-order valence-electron chi connectivity index (χ0n) is 9.79. The lowest BCUT2D eigenvalue weighted by Gasteiger charge is -2.37. The molecule has 0 aromatic carbocycles. The van der Waals surface area contributed by atoms with E-state index in [4.69, 9.17) is 0 Å². The molecule has 1 aromatic rings. The average molecular weight is 460 g/mol. The van der Waals surface area contributed by atoms with Gasteiger partial charge in [0.1, 0.15) is 0 Å². The molecule has 2 rings (SSSR count). The Morgan fingerprint density at radius 2 is 2.17 bits per heavy atom. The van der Waals surface area contributed by atoms with Crippen molar-refractivity contribution in [3.8, 4) is 0 Å². The van der Waals surface area contributed by atoms with Crippen LogP contribution in [0.25, 0.3) is 0 Å². The first-order valence-electron chi connectivity index (χ1n) is 5.95. The SMILES string of the molecule is O=C(c1cc(Br)sc1Br)N(CCCBr)C1CCC1. The van der Waals surface area contributed by atoms with Gasteiger partial charge in [0, 0.05) is 17.9 Å². The zero-order chi connectivity index (χ0) is 13.1. The van der Waals surface area contributed by atoms with Gasteiger partial charge in [-0.05, 0) is 63.6 Å². The van der Waals surface area contributed by atoms with Crippen molar-refractivity contribution in [3.05, 3.63) is 19.2 Å². The first-order valence-corrected chi connectivity index (χ1v) is 9.47. The molecule has 0 N–H and O–H groups in total. The second-order valence-corrected chi connectivity index (χ2v) is 8.91. The molecule has 100 valence electrons. The Morgan fingerprint density at radius 3 is 2.61 bits per heavy atom. The van der Waals surface area contributed by atoms with E-state index in [0.29, 0.717) is 6.04 Å². The predicted octanol–water partition coefficient (Wildman–Crippen LogP) is 5.05. The van der Waals surface area contributed by atoms with E-state index in [1.54, 1.807) is 11.3 Å². The first-order chi connectivity index (χ1) is 8.63. The minimum Gasteiger partial charge on any atom is -0.336 e. The van der Waals surface area contributed by atoms with E-state index in [1.165, 1.54) is 6.42 Å². The van der Waals surface area contributed by atoms with Crippen LogP contribution in [0.15, 0.2) is 13.6 Å². The molecular weight excluding hydrogens is 446 g/mol. The molecule has 1 amide bonds. The number of nitrogens with zero attached hydrogens (tertiary/aromatic N) is 1. The van der Waals surface area contributed by atoms with E-state index in [9.17, 15) is 4.79 Å². The smallest absolute Gasteiger partial charge is 0.256 e. The molecule has 0 radical (unpaired) electrons. The van der Waals surface area contributed by atoms with E-state index in [1.807, 2.05) is 11.0 Å². The van der Waals surface area contributed by atoms with E-state index < -0.39 is 0 Å². The highest BCUT2D eigenvalue weighted by atomic mass is 79.9. The number of carbonyl (C=O) groups is 1. The fraction of sp³-hybridized carbons (Fsp3) is 0.583. The van der Waals surface area contributed by atoms with Crippen LogP contribution in [-0.2, 0) is 0 Å². The number of hydrogen-bond acceptors (Lipinski definition) is 2. The van der Waals surface area contributed by atoms with Gasteiger partial charge < -0.3 is 4.90 Å². The third kappa shape index (κ3) is 3.38. The molecule has 0 unspecified atom stereocenters. The molecule has 1 aliphatic carbocycles. The van der Waals surface area contributed by atoms with Crippen LogP contribution in [-0.4, -0.2) is 28.7 Å². The van der Waals surface area contributed by atoms with Crippen LogP contribution >= 0.6 is 59.1 Å². The monoisotopic (exact) mass is 457 g/mol. The molecule has 0 saturated heterocycles. The summed E-state index contributed by atoms with van der Waals surface area (Å²) in [6.45, 7) is 0.842. The summed E-state index contributed by atoms with van der Waals surface area (Å²) in [7, 11) is 0. The quantitative estimate of drug-likeness (QED) is 0.564. The highest BCUT2D eigenvalue weighted by Crippen LogP contribution is 2.34.